The Bertz CT molecular complexity index is 734. The van der Waals surface area contributed by atoms with E-state index >= 15 is 0 Å². The number of carbonyl (C=O) groups excluding carboxylic acids is 1. The van der Waals surface area contributed by atoms with E-state index in [1.807, 2.05) is 38.3 Å². The highest BCUT2D eigenvalue weighted by molar-refractivity contribution is 6.09. The number of rotatable bonds is 1. The van der Waals surface area contributed by atoms with Crippen LogP contribution in [-0.2, 0) is 4.79 Å². The van der Waals surface area contributed by atoms with E-state index in [-0.39, 0.29) is 17.5 Å². The first-order chi connectivity index (χ1) is 9.06. The maximum Gasteiger partial charge on any atom is 0.169 e. The molecule has 1 aromatic carbocycles. The van der Waals surface area contributed by atoms with Gasteiger partial charge in [0.1, 0.15) is 5.75 Å². The SMILES string of the molecule is CC1=C/C(=C\c2c[nH]c3ccc(O)cc23)C(=O)C1C. The van der Waals surface area contributed by atoms with E-state index in [0.29, 0.717) is 0 Å². The molecule has 2 N–H and O–H groups in total. The number of phenolic OH excluding ortho intramolecular Hbond substituents is 1. The zero-order valence-corrected chi connectivity index (χ0v) is 10.9. The molecule has 3 nitrogen and oxygen atoms in total. The van der Waals surface area contributed by atoms with Crippen molar-refractivity contribution in [3.8, 4) is 5.75 Å². The Morgan fingerprint density at radius 1 is 1.37 bits per heavy atom. The summed E-state index contributed by atoms with van der Waals surface area (Å²) in [6.07, 6.45) is 5.68. The number of phenols is 1. The molecule has 3 rings (SSSR count). The minimum absolute atomic E-state index is 0.0233. The smallest absolute Gasteiger partial charge is 0.169 e. The molecule has 0 radical (unpaired) electrons. The van der Waals surface area contributed by atoms with Crippen LogP contribution in [-0.4, -0.2) is 15.9 Å². The van der Waals surface area contributed by atoms with Crippen LogP contribution in [0.15, 0.2) is 41.6 Å². The van der Waals surface area contributed by atoms with Gasteiger partial charge in [0.05, 0.1) is 0 Å². The number of aromatic amines is 1. The summed E-state index contributed by atoms with van der Waals surface area (Å²) >= 11 is 0. The first-order valence-electron chi connectivity index (χ1n) is 6.30. The number of Topliss-reactive ketones (excluding diaryl/α,β-unsaturated/α-hetero) is 1. The van der Waals surface area contributed by atoms with Crippen LogP contribution >= 0.6 is 0 Å². The van der Waals surface area contributed by atoms with Gasteiger partial charge in [0.15, 0.2) is 5.78 Å². The minimum atomic E-state index is -0.0233. The molecule has 0 aliphatic heterocycles. The van der Waals surface area contributed by atoms with Crippen LogP contribution in [0.25, 0.3) is 17.0 Å². The Kier molecular flexibility index (Phi) is 2.56. The zero-order valence-electron chi connectivity index (χ0n) is 10.9. The molecule has 0 saturated heterocycles. The third kappa shape index (κ3) is 1.87. The molecule has 1 aliphatic carbocycles. The lowest BCUT2D eigenvalue weighted by Crippen LogP contribution is -2.05. The first-order valence-corrected chi connectivity index (χ1v) is 6.30. The average molecular weight is 253 g/mol. The maximum absolute atomic E-state index is 12.1. The highest BCUT2D eigenvalue weighted by atomic mass is 16.3. The number of aromatic hydroxyl groups is 1. The lowest BCUT2D eigenvalue weighted by atomic mass is 10.0. The van der Waals surface area contributed by atoms with E-state index in [4.69, 9.17) is 0 Å². The molecule has 1 unspecified atom stereocenters. The van der Waals surface area contributed by atoms with Gasteiger partial charge in [0, 0.05) is 34.2 Å². The molecular formula is C16H15NO2. The average Bonchev–Trinajstić information content (AvgIpc) is 2.88. The summed E-state index contributed by atoms with van der Waals surface area (Å²) in [6, 6.07) is 5.17. The minimum Gasteiger partial charge on any atom is -0.508 e. The molecule has 0 bridgehead atoms. The number of fused-ring (bicyclic) bond motifs is 1. The van der Waals surface area contributed by atoms with Crippen LogP contribution in [0.1, 0.15) is 19.4 Å². The number of aromatic nitrogens is 1. The predicted molar refractivity (Wildman–Crippen MR) is 75.9 cm³/mol. The van der Waals surface area contributed by atoms with E-state index in [0.717, 1.165) is 27.6 Å². The zero-order chi connectivity index (χ0) is 13.6. The largest absolute Gasteiger partial charge is 0.508 e. The van der Waals surface area contributed by atoms with Crippen LogP contribution in [0.3, 0.4) is 0 Å². The molecule has 0 fully saturated rings. The molecule has 1 aliphatic rings. The standard InChI is InChI=1S/C16H15NO2/c1-9-5-11(16(19)10(9)2)6-12-8-17-15-4-3-13(18)7-14(12)15/h3-8,10,17-18H,1-2H3/b11-6+. The number of nitrogens with one attached hydrogen (secondary N) is 1. The predicted octanol–water partition coefficient (Wildman–Crippen LogP) is 3.42. The third-order valence-corrected chi connectivity index (χ3v) is 3.75. The Morgan fingerprint density at radius 3 is 2.84 bits per heavy atom. The van der Waals surface area contributed by atoms with Gasteiger partial charge in [-0.25, -0.2) is 0 Å². The molecule has 0 saturated carbocycles. The van der Waals surface area contributed by atoms with E-state index in [1.165, 1.54) is 0 Å². The van der Waals surface area contributed by atoms with Crippen molar-refractivity contribution < 1.29 is 9.90 Å². The van der Waals surface area contributed by atoms with Gasteiger partial charge in [-0.2, -0.15) is 0 Å². The van der Waals surface area contributed by atoms with Crippen LogP contribution in [0.4, 0.5) is 0 Å². The van der Waals surface area contributed by atoms with Crippen molar-refractivity contribution in [1.29, 1.82) is 0 Å². The van der Waals surface area contributed by atoms with Crippen LogP contribution in [0, 0.1) is 5.92 Å². The van der Waals surface area contributed by atoms with Crippen molar-refractivity contribution in [2.24, 2.45) is 5.92 Å². The molecule has 0 amide bonds. The number of carbonyl (C=O) groups is 1. The lowest BCUT2D eigenvalue weighted by Gasteiger charge is -2.00. The van der Waals surface area contributed by atoms with Crippen molar-refractivity contribution >= 4 is 22.8 Å². The van der Waals surface area contributed by atoms with Crippen LogP contribution in [0.5, 0.6) is 5.75 Å². The van der Waals surface area contributed by atoms with Gasteiger partial charge in [-0.05, 0) is 31.2 Å². The van der Waals surface area contributed by atoms with Gasteiger partial charge < -0.3 is 10.1 Å². The number of H-pyrrole nitrogens is 1. The van der Waals surface area contributed by atoms with Gasteiger partial charge in [-0.1, -0.05) is 18.6 Å². The van der Waals surface area contributed by atoms with Crippen LogP contribution in [0.2, 0.25) is 0 Å². The quantitative estimate of drug-likeness (QED) is 0.765. The molecule has 1 aromatic heterocycles. The fraction of sp³-hybridized carbons (Fsp3) is 0.188. The molecule has 96 valence electrons. The summed E-state index contributed by atoms with van der Waals surface area (Å²) in [5, 5.41) is 10.5. The Morgan fingerprint density at radius 2 is 2.16 bits per heavy atom. The number of ketones is 1. The number of benzene rings is 1. The fourth-order valence-corrected chi connectivity index (χ4v) is 2.43. The van der Waals surface area contributed by atoms with Crippen molar-refractivity contribution in [3.05, 3.63) is 47.2 Å². The normalized spacial score (nSPS) is 21.4. The number of hydrogen-bond acceptors (Lipinski definition) is 2. The summed E-state index contributed by atoms with van der Waals surface area (Å²) in [6.45, 7) is 3.90. The van der Waals surface area contributed by atoms with Crippen molar-refractivity contribution in [3.63, 3.8) is 0 Å². The highest BCUT2D eigenvalue weighted by Gasteiger charge is 2.24. The third-order valence-electron chi connectivity index (χ3n) is 3.75. The number of hydrogen-bond donors (Lipinski definition) is 2. The van der Waals surface area contributed by atoms with Crippen molar-refractivity contribution in [1.82, 2.24) is 4.98 Å². The second-order valence-corrected chi connectivity index (χ2v) is 5.05. The second-order valence-electron chi connectivity index (χ2n) is 5.05. The Hall–Kier alpha value is -2.29. The van der Waals surface area contributed by atoms with Crippen molar-refractivity contribution in [2.75, 3.05) is 0 Å². The summed E-state index contributed by atoms with van der Waals surface area (Å²) < 4.78 is 0. The van der Waals surface area contributed by atoms with E-state index in [2.05, 4.69) is 4.98 Å². The van der Waals surface area contributed by atoms with Crippen molar-refractivity contribution in [2.45, 2.75) is 13.8 Å². The molecule has 1 atom stereocenters. The van der Waals surface area contributed by atoms with E-state index < -0.39 is 0 Å². The Balaban J connectivity index is 2.12. The van der Waals surface area contributed by atoms with Gasteiger partial charge in [0.2, 0.25) is 0 Å². The fourth-order valence-electron chi connectivity index (χ4n) is 2.43. The summed E-state index contributed by atoms with van der Waals surface area (Å²) in [5.41, 5.74) is 3.70. The topological polar surface area (TPSA) is 53.1 Å². The van der Waals surface area contributed by atoms with Gasteiger partial charge in [-0.3, -0.25) is 4.79 Å². The van der Waals surface area contributed by atoms with Gasteiger partial charge in [-0.15, -0.1) is 0 Å². The monoisotopic (exact) mass is 253 g/mol. The summed E-state index contributed by atoms with van der Waals surface area (Å²) in [5.74, 6) is 0.362. The molecular weight excluding hydrogens is 238 g/mol. The molecule has 2 aromatic rings. The molecule has 1 heterocycles. The van der Waals surface area contributed by atoms with Gasteiger partial charge in [0.25, 0.3) is 0 Å². The summed E-state index contributed by atoms with van der Waals surface area (Å²) in [4.78, 5) is 15.2. The van der Waals surface area contributed by atoms with Crippen LogP contribution < -0.4 is 0 Å². The highest BCUT2D eigenvalue weighted by Crippen LogP contribution is 2.30. The van der Waals surface area contributed by atoms with E-state index in [1.54, 1.807) is 12.1 Å². The Labute approximate surface area is 111 Å². The summed E-state index contributed by atoms with van der Waals surface area (Å²) in [7, 11) is 0. The maximum atomic E-state index is 12.1. The second kappa shape index (κ2) is 4.12. The number of allylic oxidation sites excluding steroid dienone is 3. The molecule has 0 spiro atoms. The molecule has 3 heteroatoms. The first kappa shape index (κ1) is 11.8. The molecule has 19 heavy (non-hydrogen) atoms. The lowest BCUT2D eigenvalue weighted by molar-refractivity contribution is -0.116. The van der Waals surface area contributed by atoms with E-state index in [9.17, 15) is 9.90 Å². The van der Waals surface area contributed by atoms with Gasteiger partial charge >= 0.3 is 0 Å².